The van der Waals surface area contributed by atoms with Crippen LogP contribution in [0.5, 0.6) is 0 Å². The first-order valence-corrected chi connectivity index (χ1v) is 4.96. The van der Waals surface area contributed by atoms with Crippen LogP contribution in [0.3, 0.4) is 0 Å². The predicted octanol–water partition coefficient (Wildman–Crippen LogP) is 0.666. The quantitative estimate of drug-likeness (QED) is 0.558. The van der Waals surface area contributed by atoms with E-state index in [1.165, 1.54) is 7.11 Å². The number of rotatable bonds is 3. The zero-order valence-corrected chi connectivity index (χ0v) is 9.69. The number of methoxy groups -OCH3 is 3. The van der Waals surface area contributed by atoms with Crippen molar-refractivity contribution in [3.63, 3.8) is 0 Å². The molecule has 0 atom stereocenters. The molecule has 0 amide bonds. The van der Waals surface area contributed by atoms with Gasteiger partial charge < -0.3 is 19.9 Å². The summed E-state index contributed by atoms with van der Waals surface area (Å²) in [6.07, 6.45) is 3.84. The Morgan fingerprint density at radius 1 is 1.20 bits per heavy atom. The Morgan fingerprint density at radius 2 is 1.60 bits per heavy atom. The summed E-state index contributed by atoms with van der Waals surface area (Å²) in [5.74, 6) is -0.337. The van der Waals surface area contributed by atoms with E-state index in [9.17, 15) is 0 Å². The minimum Gasteiger partial charge on any atom is -0.471 e. The molecule has 0 saturated heterocycles. The van der Waals surface area contributed by atoms with Gasteiger partial charge in [0, 0.05) is 33.1 Å². The van der Waals surface area contributed by atoms with Crippen LogP contribution in [0.15, 0.2) is 0 Å². The van der Waals surface area contributed by atoms with Crippen LogP contribution in [-0.4, -0.2) is 39.6 Å². The third-order valence-corrected chi connectivity index (χ3v) is 2.63. The van der Waals surface area contributed by atoms with E-state index in [1.54, 1.807) is 14.2 Å². The highest BCUT2D eigenvalue weighted by Crippen LogP contribution is 2.30. The van der Waals surface area contributed by atoms with Crippen molar-refractivity contribution in [2.75, 3.05) is 21.3 Å². The molecule has 0 aliphatic heterocycles. The van der Waals surface area contributed by atoms with Crippen molar-refractivity contribution in [2.24, 2.45) is 5.73 Å². The summed E-state index contributed by atoms with van der Waals surface area (Å²) < 4.78 is 14.5. The molecule has 1 rings (SSSR count). The number of carbonyl (C=O) groups excluding carboxylic acids is 1. The van der Waals surface area contributed by atoms with Crippen LogP contribution >= 0.6 is 0 Å². The Balaban J connectivity index is 0.000000423. The Labute approximate surface area is 90.9 Å². The van der Waals surface area contributed by atoms with E-state index in [1.807, 2.05) is 0 Å². The number of carbonyl (C=O) groups is 1. The molecule has 5 nitrogen and oxygen atoms in total. The lowest BCUT2D eigenvalue weighted by Gasteiger charge is -2.36. The molecular formula is C10H21NO4. The molecule has 0 bridgehead atoms. The topological polar surface area (TPSA) is 70.8 Å². The van der Waals surface area contributed by atoms with Crippen LogP contribution < -0.4 is 5.73 Å². The van der Waals surface area contributed by atoms with Crippen molar-refractivity contribution in [1.82, 2.24) is 0 Å². The van der Waals surface area contributed by atoms with Crippen molar-refractivity contribution in [3.8, 4) is 0 Å². The first-order valence-electron chi connectivity index (χ1n) is 4.96. The Hall–Kier alpha value is -0.650. The summed E-state index contributed by atoms with van der Waals surface area (Å²) in [6.45, 7) is 0.375. The summed E-state index contributed by atoms with van der Waals surface area (Å²) in [5, 5.41) is 0. The molecule has 2 N–H and O–H groups in total. The maximum absolute atomic E-state index is 8.95. The van der Waals surface area contributed by atoms with Gasteiger partial charge in [0.25, 0.3) is 6.47 Å². The normalized spacial score (nSPS) is 20.0. The molecule has 1 saturated carbocycles. The SMILES string of the molecule is COC1(OC)CCC(N)CC1.COC=O. The van der Waals surface area contributed by atoms with Crippen LogP contribution in [-0.2, 0) is 19.0 Å². The van der Waals surface area contributed by atoms with Crippen molar-refractivity contribution < 1.29 is 19.0 Å². The fourth-order valence-corrected chi connectivity index (χ4v) is 1.57. The first kappa shape index (κ1) is 14.3. The second kappa shape index (κ2) is 7.62. The zero-order valence-electron chi connectivity index (χ0n) is 9.69. The van der Waals surface area contributed by atoms with Gasteiger partial charge in [0.1, 0.15) is 0 Å². The lowest BCUT2D eigenvalue weighted by Crippen LogP contribution is -2.41. The molecule has 0 unspecified atom stereocenters. The van der Waals surface area contributed by atoms with Crippen LogP contribution in [0, 0.1) is 0 Å². The van der Waals surface area contributed by atoms with Gasteiger partial charge in [0.2, 0.25) is 0 Å². The number of nitrogens with two attached hydrogens (primary N) is 1. The van der Waals surface area contributed by atoms with Gasteiger partial charge in [0.05, 0.1) is 7.11 Å². The average Bonchev–Trinajstić information content (AvgIpc) is 2.31. The lowest BCUT2D eigenvalue weighted by molar-refractivity contribution is -0.224. The largest absolute Gasteiger partial charge is 0.471 e. The second-order valence-electron chi connectivity index (χ2n) is 3.49. The highest BCUT2D eigenvalue weighted by atomic mass is 16.7. The molecular weight excluding hydrogens is 198 g/mol. The Bertz CT molecular complexity index is 161. The molecule has 0 aromatic heterocycles. The third-order valence-electron chi connectivity index (χ3n) is 2.63. The second-order valence-corrected chi connectivity index (χ2v) is 3.49. The maximum atomic E-state index is 8.95. The molecule has 15 heavy (non-hydrogen) atoms. The molecule has 0 radical (unpaired) electrons. The van der Waals surface area contributed by atoms with Crippen molar-refractivity contribution in [1.29, 1.82) is 0 Å². The van der Waals surface area contributed by atoms with Gasteiger partial charge in [-0.2, -0.15) is 0 Å². The van der Waals surface area contributed by atoms with E-state index in [2.05, 4.69) is 4.74 Å². The van der Waals surface area contributed by atoms with Crippen molar-refractivity contribution >= 4 is 6.47 Å². The molecule has 5 heteroatoms. The van der Waals surface area contributed by atoms with E-state index in [0.717, 1.165) is 25.7 Å². The molecule has 0 aromatic carbocycles. The number of ether oxygens (including phenoxy) is 3. The van der Waals surface area contributed by atoms with E-state index in [-0.39, 0.29) is 5.79 Å². The summed E-state index contributed by atoms with van der Waals surface area (Å²) in [6, 6.07) is 0.341. The van der Waals surface area contributed by atoms with Gasteiger partial charge in [0.15, 0.2) is 5.79 Å². The lowest BCUT2D eigenvalue weighted by atomic mass is 9.90. The van der Waals surface area contributed by atoms with Crippen LogP contribution in [0.1, 0.15) is 25.7 Å². The smallest absolute Gasteiger partial charge is 0.292 e. The first-order chi connectivity index (χ1) is 7.14. The molecule has 0 aromatic rings. The summed E-state index contributed by atoms with van der Waals surface area (Å²) >= 11 is 0. The van der Waals surface area contributed by atoms with Crippen LogP contribution in [0.25, 0.3) is 0 Å². The van der Waals surface area contributed by atoms with Crippen molar-refractivity contribution in [2.45, 2.75) is 37.5 Å². The van der Waals surface area contributed by atoms with E-state index < -0.39 is 0 Å². The average molecular weight is 219 g/mol. The Morgan fingerprint density at radius 3 is 1.87 bits per heavy atom. The third kappa shape index (κ3) is 5.11. The highest BCUT2D eigenvalue weighted by molar-refractivity contribution is 5.36. The molecule has 1 aliphatic rings. The van der Waals surface area contributed by atoms with Gasteiger partial charge in [-0.3, -0.25) is 4.79 Å². The van der Waals surface area contributed by atoms with Gasteiger partial charge in [-0.05, 0) is 12.8 Å². The Kier molecular flexibility index (Phi) is 7.29. The molecule has 0 heterocycles. The molecule has 1 aliphatic carbocycles. The number of hydrogen-bond donors (Lipinski definition) is 1. The molecule has 1 fully saturated rings. The van der Waals surface area contributed by atoms with E-state index in [4.69, 9.17) is 20.0 Å². The fraction of sp³-hybridized carbons (Fsp3) is 0.900. The monoisotopic (exact) mass is 219 g/mol. The summed E-state index contributed by atoms with van der Waals surface area (Å²) in [7, 11) is 4.70. The van der Waals surface area contributed by atoms with Crippen LogP contribution in [0.4, 0.5) is 0 Å². The minimum atomic E-state index is -0.337. The fourth-order valence-electron chi connectivity index (χ4n) is 1.57. The van der Waals surface area contributed by atoms with E-state index >= 15 is 0 Å². The van der Waals surface area contributed by atoms with Gasteiger partial charge in [-0.1, -0.05) is 0 Å². The van der Waals surface area contributed by atoms with Gasteiger partial charge >= 0.3 is 0 Å². The van der Waals surface area contributed by atoms with Crippen molar-refractivity contribution in [3.05, 3.63) is 0 Å². The summed E-state index contributed by atoms with van der Waals surface area (Å²) in [4.78, 5) is 8.95. The standard InChI is InChI=1S/C8H17NO2.C2H4O2/c1-10-8(11-2)5-3-7(9)4-6-8;1-4-2-3/h7H,3-6,9H2,1-2H3;2H,1H3. The zero-order chi connectivity index (χ0) is 11.7. The highest BCUT2D eigenvalue weighted by Gasteiger charge is 2.33. The van der Waals surface area contributed by atoms with Gasteiger partial charge in [-0.25, -0.2) is 0 Å². The number of hydrogen-bond acceptors (Lipinski definition) is 5. The maximum Gasteiger partial charge on any atom is 0.292 e. The molecule has 90 valence electrons. The van der Waals surface area contributed by atoms with Gasteiger partial charge in [-0.15, -0.1) is 0 Å². The summed E-state index contributed by atoms with van der Waals surface area (Å²) in [5.41, 5.74) is 5.75. The van der Waals surface area contributed by atoms with Crippen LogP contribution in [0.2, 0.25) is 0 Å². The predicted molar refractivity (Wildman–Crippen MR) is 56.3 cm³/mol. The molecule has 0 spiro atoms. The van der Waals surface area contributed by atoms with E-state index in [0.29, 0.717) is 12.5 Å². The minimum absolute atomic E-state index is 0.337.